The first kappa shape index (κ1) is 18.0. The first-order valence-electron chi connectivity index (χ1n) is 8.27. The normalized spacial score (nSPS) is 11.3. The van der Waals surface area contributed by atoms with Crippen LogP contribution in [0.1, 0.15) is 12.5 Å². The predicted molar refractivity (Wildman–Crippen MR) is 100 cm³/mol. The predicted octanol–water partition coefficient (Wildman–Crippen LogP) is 3.36. The number of rotatable bonds is 6. The number of nitriles is 1. The molecule has 1 amide bonds. The Hall–Kier alpha value is -3.79. The fourth-order valence-electron chi connectivity index (χ4n) is 2.48. The number of amides is 1. The van der Waals surface area contributed by atoms with E-state index in [4.69, 9.17) is 14.7 Å². The fourth-order valence-corrected chi connectivity index (χ4v) is 2.48. The molecule has 0 aliphatic heterocycles. The number of nitrogens with one attached hydrogen (secondary N) is 2. The summed E-state index contributed by atoms with van der Waals surface area (Å²) in [6, 6.07) is 17.8. The van der Waals surface area contributed by atoms with Gasteiger partial charge in [0.15, 0.2) is 11.9 Å². The van der Waals surface area contributed by atoms with E-state index in [2.05, 4.69) is 15.5 Å². The minimum Gasteiger partial charge on any atom is -0.496 e. The Bertz CT molecular complexity index is 973. The molecule has 3 rings (SSSR count). The minimum absolute atomic E-state index is 0.336. The van der Waals surface area contributed by atoms with Gasteiger partial charge in [0, 0.05) is 11.6 Å². The van der Waals surface area contributed by atoms with Gasteiger partial charge in [-0.15, -0.1) is 0 Å². The first-order valence-corrected chi connectivity index (χ1v) is 8.27. The van der Waals surface area contributed by atoms with Gasteiger partial charge in [-0.3, -0.25) is 9.89 Å². The molecule has 0 fully saturated rings. The monoisotopic (exact) mass is 362 g/mol. The van der Waals surface area contributed by atoms with Crippen molar-refractivity contribution in [2.45, 2.75) is 13.0 Å². The molecule has 1 aromatic heterocycles. The maximum atomic E-state index is 12.3. The van der Waals surface area contributed by atoms with E-state index in [0.717, 1.165) is 11.3 Å². The van der Waals surface area contributed by atoms with Gasteiger partial charge in [-0.2, -0.15) is 10.4 Å². The van der Waals surface area contributed by atoms with Crippen molar-refractivity contribution >= 4 is 11.7 Å². The Kier molecular flexibility index (Phi) is 5.38. The summed E-state index contributed by atoms with van der Waals surface area (Å²) in [5.74, 6) is 1.26. The van der Waals surface area contributed by atoms with Gasteiger partial charge in [0.25, 0.3) is 5.91 Å². The number of H-pyrrole nitrogens is 1. The van der Waals surface area contributed by atoms with Crippen LogP contribution in [-0.2, 0) is 4.79 Å². The Labute approximate surface area is 156 Å². The van der Waals surface area contributed by atoms with Crippen molar-refractivity contribution in [1.29, 1.82) is 5.26 Å². The number of para-hydroxylation sites is 1. The molecular weight excluding hydrogens is 344 g/mol. The molecule has 1 heterocycles. The highest BCUT2D eigenvalue weighted by molar-refractivity contribution is 5.93. The van der Waals surface area contributed by atoms with Crippen LogP contribution in [-0.4, -0.2) is 29.3 Å². The fraction of sp³-hybridized carbons (Fsp3) is 0.150. The van der Waals surface area contributed by atoms with Gasteiger partial charge in [0.05, 0.1) is 24.4 Å². The van der Waals surface area contributed by atoms with Crippen LogP contribution in [0.2, 0.25) is 0 Å². The van der Waals surface area contributed by atoms with E-state index < -0.39 is 6.10 Å². The summed E-state index contributed by atoms with van der Waals surface area (Å²) >= 11 is 0. The van der Waals surface area contributed by atoms with Crippen molar-refractivity contribution in [2.75, 3.05) is 12.4 Å². The number of methoxy groups -OCH3 is 1. The van der Waals surface area contributed by atoms with Crippen LogP contribution in [0.5, 0.6) is 11.5 Å². The smallest absolute Gasteiger partial charge is 0.266 e. The van der Waals surface area contributed by atoms with Gasteiger partial charge in [0.2, 0.25) is 0 Å². The lowest BCUT2D eigenvalue weighted by Gasteiger charge is -2.13. The third-order valence-electron chi connectivity index (χ3n) is 3.89. The lowest BCUT2D eigenvalue weighted by Crippen LogP contribution is -2.30. The number of ether oxygens (including phenoxy) is 2. The van der Waals surface area contributed by atoms with Crippen LogP contribution < -0.4 is 14.8 Å². The van der Waals surface area contributed by atoms with Gasteiger partial charge in [-0.05, 0) is 43.3 Å². The number of carbonyl (C=O) groups excluding carboxylic acids is 1. The van der Waals surface area contributed by atoms with Crippen molar-refractivity contribution in [3.8, 4) is 28.8 Å². The number of nitrogens with zero attached hydrogens (tertiary/aromatic N) is 2. The van der Waals surface area contributed by atoms with Crippen LogP contribution in [0.25, 0.3) is 11.3 Å². The van der Waals surface area contributed by atoms with Crippen molar-refractivity contribution in [2.24, 2.45) is 0 Å². The van der Waals surface area contributed by atoms with E-state index in [1.807, 2.05) is 30.3 Å². The maximum absolute atomic E-state index is 12.3. The van der Waals surface area contributed by atoms with Crippen LogP contribution in [0.3, 0.4) is 0 Å². The number of hydrogen-bond acceptors (Lipinski definition) is 5. The molecule has 1 unspecified atom stereocenters. The summed E-state index contributed by atoms with van der Waals surface area (Å²) < 4.78 is 10.9. The summed E-state index contributed by atoms with van der Waals surface area (Å²) in [5.41, 5.74) is 2.10. The lowest BCUT2D eigenvalue weighted by molar-refractivity contribution is -0.122. The van der Waals surface area contributed by atoms with Crippen LogP contribution in [0.4, 0.5) is 5.82 Å². The molecule has 2 aromatic carbocycles. The first-order chi connectivity index (χ1) is 13.1. The van der Waals surface area contributed by atoms with Crippen molar-refractivity contribution in [3.63, 3.8) is 0 Å². The number of carbonyl (C=O) groups is 1. The Morgan fingerprint density at radius 1 is 1.22 bits per heavy atom. The van der Waals surface area contributed by atoms with E-state index in [9.17, 15) is 4.79 Å². The molecule has 27 heavy (non-hydrogen) atoms. The number of aromatic nitrogens is 2. The Morgan fingerprint density at radius 3 is 2.67 bits per heavy atom. The average Bonchev–Trinajstić information content (AvgIpc) is 3.16. The van der Waals surface area contributed by atoms with Gasteiger partial charge in [-0.1, -0.05) is 12.1 Å². The van der Waals surface area contributed by atoms with Gasteiger partial charge in [-0.25, -0.2) is 0 Å². The summed E-state index contributed by atoms with van der Waals surface area (Å²) in [6.45, 7) is 1.64. The second-order valence-corrected chi connectivity index (χ2v) is 5.75. The molecule has 0 bridgehead atoms. The summed E-state index contributed by atoms with van der Waals surface area (Å²) in [4.78, 5) is 12.3. The SMILES string of the molecule is COc1ccccc1-c1cc(NC(=O)C(C)Oc2ccc(C#N)cc2)n[nH]1. The van der Waals surface area contributed by atoms with Crippen molar-refractivity contribution < 1.29 is 14.3 Å². The second-order valence-electron chi connectivity index (χ2n) is 5.75. The topological polar surface area (TPSA) is 100 Å². The highest BCUT2D eigenvalue weighted by Crippen LogP contribution is 2.29. The molecule has 136 valence electrons. The molecule has 7 nitrogen and oxygen atoms in total. The highest BCUT2D eigenvalue weighted by atomic mass is 16.5. The molecule has 0 aliphatic carbocycles. The molecule has 2 N–H and O–H groups in total. The van der Waals surface area contributed by atoms with Crippen LogP contribution >= 0.6 is 0 Å². The van der Waals surface area contributed by atoms with E-state index in [0.29, 0.717) is 22.9 Å². The molecule has 1 atom stereocenters. The number of anilines is 1. The van der Waals surface area contributed by atoms with Crippen LogP contribution in [0, 0.1) is 11.3 Å². The summed E-state index contributed by atoms with van der Waals surface area (Å²) in [5, 5.41) is 18.5. The average molecular weight is 362 g/mol. The van der Waals surface area contributed by atoms with E-state index >= 15 is 0 Å². The number of hydrogen-bond donors (Lipinski definition) is 2. The third-order valence-corrected chi connectivity index (χ3v) is 3.89. The Balaban J connectivity index is 1.65. The molecule has 0 saturated carbocycles. The zero-order valence-electron chi connectivity index (χ0n) is 14.9. The van der Waals surface area contributed by atoms with E-state index in [1.165, 1.54) is 0 Å². The second kappa shape index (κ2) is 8.06. The summed E-state index contributed by atoms with van der Waals surface area (Å²) in [7, 11) is 1.60. The lowest BCUT2D eigenvalue weighted by atomic mass is 10.1. The molecule has 7 heteroatoms. The zero-order valence-corrected chi connectivity index (χ0v) is 14.9. The third kappa shape index (κ3) is 4.25. The molecular formula is C20H18N4O3. The van der Waals surface area contributed by atoms with E-state index in [1.54, 1.807) is 44.4 Å². The standard InChI is InChI=1S/C20H18N4O3/c1-13(27-15-9-7-14(12-21)8-10-15)20(25)22-19-11-17(23-24-19)16-5-3-4-6-18(16)26-2/h3-11,13H,1-2H3,(H2,22,23,24,25). The highest BCUT2D eigenvalue weighted by Gasteiger charge is 2.17. The van der Waals surface area contributed by atoms with Gasteiger partial charge in [0.1, 0.15) is 11.5 Å². The molecule has 0 aliphatic rings. The molecule has 0 spiro atoms. The molecule has 0 saturated heterocycles. The quantitative estimate of drug-likeness (QED) is 0.700. The van der Waals surface area contributed by atoms with Crippen molar-refractivity contribution in [1.82, 2.24) is 10.2 Å². The van der Waals surface area contributed by atoms with Gasteiger partial charge < -0.3 is 14.8 Å². The Morgan fingerprint density at radius 2 is 1.96 bits per heavy atom. The number of benzene rings is 2. The molecule has 0 radical (unpaired) electrons. The van der Waals surface area contributed by atoms with Crippen LogP contribution in [0.15, 0.2) is 54.6 Å². The maximum Gasteiger partial charge on any atom is 0.266 e. The van der Waals surface area contributed by atoms with E-state index in [-0.39, 0.29) is 5.91 Å². The van der Waals surface area contributed by atoms with Gasteiger partial charge >= 0.3 is 0 Å². The number of aromatic amines is 1. The van der Waals surface area contributed by atoms with Crippen molar-refractivity contribution in [3.05, 3.63) is 60.2 Å². The minimum atomic E-state index is -0.732. The zero-order chi connectivity index (χ0) is 19.2. The summed E-state index contributed by atoms with van der Waals surface area (Å²) in [6.07, 6.45) is -0.732. The largest absolute Gasteiger partial charge is 0.496 e. The molecule has 3 aromatic rings.